The van der Waals surface area contributed by atoms with Gasteiger partial charge in [-0.15, -0.1) is 0 Å². The second-order valence-corrected chi connectivity index (χ2v) is 9.89. The van der Waals surface area contributed by atoms with Crippen LogP contribution in [0.1, 0.15) is 82.2 Å². The molecule has 0 spiro atoms. The minimum atomic E-state index is -1.96. The van der Waals surface area contributed by atoms with Gasteiger partial charge in [-0.05, 0) is 26.3 Å². The number of aromatic hydroxyl groups is 2. The highest BCUT2D eigenvalue weighted by Crippen LogP contribution is 2.52. The molecule has 2 aromatic rings. The first-order valence-corrected chi connectivity index (χ1v) is 12.1. The number of fused-ring (bicyclic) bond motifs is 3. The largest absolute Gasteiger partial charge is 0.507 e. The summed E-state index contributed by atoms with van der Waals surface area (Å²) in [6.07, 6.45) is -3.22. The van der Waals surface area contributed by atoms with Crippen LogP contribution in [-0.4, -0.2) is 69.0 Å². The average molecular weight is 513 g/mol. The third kappa shape index (κ3) is 3.83. The van der Waals surface area contributed by atoms with Crippen LogP contribution in [0.3, 0.4) is 0 Å². The molecule has 1 aliphatic heterocycles. The Morgan fingerprint density at radius 2 is 1.78 bits per heavy atom. The molecular formula is C27H28O10. The van der Waals surface area contributed by atoms with Crippen molar-refractivity contribution in [1.82, 2.24) is 0 Å². The van der Waals surface area contributed by atoms with Crippen molar-refractivity contribution in [3.05, 3.63) is 51.6 Å². The van der Waals surface area contributed by atoms with E-state index in [1.807, 2.05) is 0 Å². The van der Waals surface area contributed by atoms with E-state index in [9.17, 15) is 34.8 Å². The molecule has 1 heterocycles. The molecule has 2 aromatic carbocycles. The van der Waals surface area contributed by atoms with Crippen LogP contribution in [0, 0.1) is 0 Å². The van der Waals surface area contributed by atoms with Crippen LogP contribution >= 0.6 is 0 Å². The second-order valence-electron chi connectivity index (χ2n) is 9.89. The minimum absolute atomic E-state index is 0.0000833. The average Bonchev–Trinajstić information content (AvgIpc) is 2.86. The number of carbonyl (C=O) groups excluding carboxylic acids is 3. The molecule has 0 aromatic heterocycles. The molecule has 3 aliphatic rings. The predicted molar refractivity (Wildman–Crippen MR) is 127 cm³/mol. The van der Waals surface area contributed by atoms with Crippen LogP contribution in [0.5, 0.6) is 17.2 Å². The van der Waals surface area contributed by atoms with Gasteiger partial charge in [-0.25, -0.2) is 0 Å². The number of hydrogen-bond acceptors (Lipinski definition) is 10. The Hall–Kier alpha value is -3.31. The third-order valence-corrected chi connectivity index (χ3v) is 7.65. The molecule has 4 N–H and O–H groups in total. The van der Waals surface area contributed by atoms with Crippen molar-refractivity contribution in [3.8, 4) is 17.2 Å². The number of benzene rings is 2. The molecule has 2 aliphatic carbocycles. The summed E-state index contributed by atoms with van der Waals surface area (Å²) in [5, 5.41) is 43.9. The van der Waals surface area contributed by atoms with Crippen LogP contribution in [0.4, 0.5) is 0 Å². The molecule has 0 radical (unpaired) electrons. The zero-order valence-corrected chi connectivity index (χ0v) is 20.6. The molecule has 0 bridgehead atoms. The molecule has 10 heteroatoms. The summed E-state index contributed by atoms with van der Waals surface area (Å²) in [6, 6.07) is 4.47. The fourth-order valence-electron chi connectivity index (χ4n) is 5.53. The topological polar surface area (TPSA) is 160 Å². The standard InChI is InChI=1S/C27H28O10/c1-11-15(29)7-8-18(36-11)37-17-10-27(34,12(2)28)9-14-20(17)26(33)22-21(24(14)31)23(30)13-5-4-6-16(35-3)19(13)25(22)32/h4-6,11,15,17-18,29,31,33-34H,7-10H2,1-3H3/t11-,15-,17-,18-,27-/m0/s1. The maximum Gasteiger partial charge on any atom is 0.202 e. The van der Waals surface area contributed by atoms with E-state index in [1.54, 1.807) is 6.92 Å². The molecule has 10 nitrogen and oxygen atoms in total. The molecule has 1 fully saturated rings. The van der Waals surface area contributed by atoms with Crippen molar-refractivity contribution in [3.63, 3.8) is 0 Å². The van der Waals surface area contributed by atoms with Gasteiger partial charge in [-0.2, -0.15) is 0 Å². The van der Waals surface area contributed by atoms with Gasteiger partial charge in [0.25, 0.3) is 0 Å². The van der Waals surface area contributed by atoms with Gasteiger partial charge in [-0.3, -0.25) is 14.4 Å². The monoisotopic (exact) mass is 512 g/mol. The van der Waals surface area contributed by atoms with Crippen molar-refractivity contribution >= 4 is 17.3 Å². The van der Waals surface area contributed by atoms with Crippen LogP contribution < -0.4 is 4.74 Å². The number of ketones is 3. The molecule has 5 atom stereocenters. The highest BCUT2D eigenvalue weighted by atomic mass is 16.7. The Labute approximate surface area is 212 Å². The second kappa shape index (κ2) is 8.91. The van der Waals surface area contributed by atoms with Crippen LogP contribution in [0.25, 0.3) is 0 Å². The highest BCUT2D eigenvalue weighted by molar-refractivity contribution is 6.31. The number of rotatable bonds is 4. The van der Waals surface area contributed by atoms with E-state index >= 15 is 0 Å². The fourth-order valence-corrected chi connectivity index (χ4v) is 5.53. The van der Waals surface area contributed by atoms with Crippen molar-refractivity contribution < 1.29 is 49.0 Å². The van der Waals surface area contributed by atoms with Gasteiger partial charge in [0.2, 0.25) is 5.78 Å². The van der Waals surface area contributed by atoms with Gasteiger partial charge < -0.3 is 34.6 Å². The first-order chi connectivity index (χ1) is 17.5. The summed E-state index contributed by atoms with van der Waals surface area (Å²) < 4.78 is 17.1. The Morgan fingerprint density at radius 3 is 2.43 bits per heavy atom. The number of phenols is 2. The van der Waals surface area contributed by atoms with Crippen molar-refractivity contribution in [1.29, 1.82) is 0 Å². The summed E-state index contributed by atoms with van der Waals surface area (Å²) >= 11 is 0. The SMILES string of the molecule is COc1cccc2c1C(=O)c1c(O)c3c(c(O)c1C2=O)C[C@@](O)(C(C)=O)C[C@@H]3O[C@H]1CC[C@H](O)[C@H](C)O1. The maximum absolute atomic E-state index is 13.6. The van der Waals surface area contributed by atoms with Crippen molar-refractivity contribution in [2.24, 2.45) is 0 Å². The van der Waals surface area contributed by atoms with Crippen molar-refractivity contribution in [2.75, 3.05) is 7.11 Å². The summed E-state index contributed by atoms with van der Waals surface area (Å²) in [6.45, 7) is 2.87. The number of hydrogen-bond donors (Lipinski definition) is 4. The smallest absolute Gasteiger partial charge is 0.202 e. The first kappa shape index (κ1) is 25.3. The molecule has 196 valence electrons. The Balaban J connectivity index is 1.69. The van der Waals surface area contributed by atoms with Gasteiger partial charge in [0.1, 0.15) is 22.8 Å². The maximum atomic E-state index is 13.6. The highest BCUT2D eigenvalue weighted by Gasteiger charge is 2.49. The van der Waals surface area contributed by atoms with Gasteiger partial charge in [0.15, 0.2) is 17.9 Å². The van der Waals surface area contributed by atoms with E-state index in [4.69, 9.17) is 14.2 Å². The van der Waals surface area contributed by atoms with Gasteiger partial charge in [0.05, 0.1) is 42.1 Å². The Kier molecular flexibility index (Phi) is 6.11. The summed E-state index contributed by atoms with van der Waals surface area (Å²) in [5.74, 6) is -3.04. The zero-order chi connectivity index (χ0) is 26.8. The van der Waals surface area contributed by atoms with E-state index in [2.05, 4.69) is 0 Å². The molecule has 0 amide bonds. The molecule has 1 saturated heterocycles. The zero-order valence-electron chi connectivity index (χ0n) is 20.6. The molecular weight excluding hydrogens is 484 g/mol. The first-order valence-electron chi connectivity index (χ1n) is 12.1. The lowest BCUT2D eigenvalue weighted by atomic mass is 9.72. The minimum Gasteiger partial charge on any atom is -0.507 e. The van der Waals surface area contributed by atoms with Gasteiger partial charge >= 0.3 is 0 Å². The normalized spacial score (nSPS) is 28.8. The number of aliphatic hydroxyl groups is 2. The number of methoxy groups -OCH3 is 1. The van der Waals surface area contributed by atoms with E-state index < -0.39 is 76.6 Å². The molecule has 0 unspecified atom stereocenters. The van der Waals surface area contributed by atoms with Crippen molar-refractivity contribution in [2.45, 2.75) is 69.7 Å². The van der Waals surface area contributed by atoms with Crippen LogP contribution in [0.2, 0.25) is 0 Å². The fraction of sp³-hybridized carbons (Fsp3) is 0.444. The lowest BCUT2D eigenvalue weighted by molar-refractivity contribution is -0.243. The van der Waals surface area contributed by atoms with Crippen LogP contribution in [0.15, 0.2) is 18.2 Å². The number of carbonyl (C=O) groups is 3. The predicted octanol–water partition coefficient (Wildman–Crippen LogP) is 2.09. The van der Waals surface area contributed by atoms with E-state index in [1.165, 1.54) is 32.2 Å². The van der Waals surface area contributed by atoms with Gasteiger partial charge in [-0.1, -0.05) is 12.1 Å². The number of aliphatic hydroxyl groups excluding tert-OH is 1. The number of Topliss-reactive ketones (excluding diaryl/α,β-unsaturated/α-hetero) is 1. The van der Waals surface area contributed by atoms with Crippen LogP contribution in [-0.2, 0) is 20.7 Å². The third-order valence-electron chi connectivity index (χ3n) is 7.65. The molecule has 37 heavy (non-hydrogen) atoms. The quantitative estimate of drug-likeness (QED) is 0.381. The number of phenolic OH excluding ortho intramolecular Hbond substituents is 2. The molecule has 5 rings (SSSR count). The van der Waals surface area contributed by atoms with E-state index in [-0.39, 0.29) is 34.4 Å². The number of ether oxygens (including phenoxy) is 3. The summed E-state index contributed by atoms with van der Waals surface area (Å²) in [5.41, 5.74) is -2.85. The lowest BCUT2D eigenvalue weighted by Gasteiger charge is -2.41. The molecule has 0 saturated carbocycles. The lowest BCUT2D eigenvalue weighted by Crippen LogP contribution is -2.46. The van der Waals surface area contributed by atoms with Gasteiger partial charge in [0, 0.05) is 36.0 Å². The summed E-state index contributed by atoms with van der Waals surface area (Å²) in [7, 11) is 1.35. The van der Waals surface area contributed by atoms with E-state index in [0.717, 1.165) is 0 Å². The summed E-state index contributed by atoms with van der Waals surface area (Å²) in [4.78, 5) is 39.5. The van der Waals surface area contributed by atoms with E-state index in [0.29, 0.717) is 12.8 Å². The Morgan fingerprint density at radius 1 is 1.08 bits per heavy atom. The Bertz CT molecular complexity index is 1330.